The second-order valence-corrected chi connectivity index (χ2v) is 6.44. The maximum absolute atomic E-state index is 2.41. The molecule has 2 aromatic carbocycles. The summed E-state index contributed by atoms with van der Waals surface area (Å²) in [6.07, 6.45) is 3.83. The molecule has 0 saturated carbocycles. The van der Waals surface area contributed by atoms with E-state index >= 15 is 0 Å². The zero-order chi connectivity index (χ0) is 15.0. The zero-order valence-corrected chi connectivity index (χ0v) is 13.7. The van der Waals surface area contributed by atoms with Gasteiger partial charge in [-0.15, -0.1) is 0 Å². The van der Waals surface area contributed by atoms with Crippen molar-refractivity contribution < 1.29 is 0 Å². The average Bonchev–Trinajstić information content (AvgIpc) is 2.48. The monoisotopic (exact) mass is 278 g/mol. The Hall–Kier alpha value is -1.56. The summed E-state index contributed by atoms with van der Waals surface area (Å²) in [7, 11) is 0. The standard InChI is InChI=1S/C19H20.C2H6/c1-12-3-5-18-14(7-12)9-16-11-17(18)10-15-8-13(2)4-6-19(15)16;1-2/h3-8,16-17H,9-11H2,1-2H3;1-2H3. The van der Waals surface area contributed by atoms with Crippen molar-refractivity contribution in [1.82, 2.24) is 0 Å². The number of hydrogen-bond donors (Lipinski definition) is 0. The van der Waals surface area contributed by atoms with E-state index in [-0.39, 0.29) is 0 Å². The van der Waals surface area contributed by atoms with Gasteiger partial charge in [-0.25, -0.2) is 0 Å². The first kappa shape index (κ1) is 14.4. The largest absolute Gasteiger partial charge is 0.0683 e. The highest BCUT2D eigenvalue weighted by Gasteiger charge is 2.33. The van der Waals surface area contributed by atoms with Crippen molar-refractivity contribution >= 4 is 0 Å². The lowest BCUT2D eigenvalue weighted by atomic mass is 9.66. The molecule has 21 heavy (non-hydrogen) atoms. The maximum atomic E-state index is 2.41. The van der Waals surface area contributed by atoms with Gasteiger partial charge in [0, 0.05) is 0 Å². The lowest BCUT2D eigenvalue weighted by Gasteiger charge is -2.38. The van der Waals surface area contributed by atoms with Crippen molar-refractivity contribution in [2.75, 3.05) is 0 Å². The molecular weight excluding hydrogens is 252 g/mol. The van der Waals surface area contributed by atoms with Crippen LogP contribution in [-0.2, 0) is 12.8 Å². The highest BCUT2D eigenvalue weighted by Crippen LogP contribution is 2.47. The smallest absolute Gasteiger partial charge is 0.0113 e. The van der Waals surface area contributed by atoms with Crippen LogP contribution in [0.2, 0.25) is 0 Å². The van der Waals surface area contributed by atoms with Gasteiger partial charge in [0.1, 0.15) is 0 Å². The Morgan fingerprint density at radius 2 is 1.14 bits per heavy atom. The predicted molar refractivity (Wildman–Crippen MR) is 91.2 cm³/mol. The Balaban J connectivity index is 0.000000636. The van der Waals surface area contributed by atoms with Gasteiger partial charge in [0.05, 0.1) is 0 Å². The summed E-state index contributed by atoms with van der Waals surface area (Å²) in [5, 5.41) is 0. The van der Waals surface area contributed by atoms with Crippen molar-refractivity contribution in [3.8, 4) is 0 Å². The van der Waals surface area contributed by atoms with Gasteiger partial charge in [0.25, 0.3) is 0 Å². The molecule has 0 amide bonds. The molecule has 0 aliphatic heterocycles. The summed E-state index contributed by atoms with van der Waals surface area (Å²) < 4.78 is 0. The van der Waals surface area contributed by atoms with E-state index in [1.54, 1.807) is 22.3 Å². The van der Waals surface area contributed by atoms with Crippen LogP contribution in [0.15, 0.2) is 36.4 Å². The van der Waals surface area contributed by atoms with Crippen molar-refractivity contribution in [2.45, 2.75) is 58.8 Å². The third kappa shape index (κ3) is 2.52. The summed E-state index contributed by atoms with van der Waals surface area (Å²) in [4.78, 5) is 0. The summed E-state index contributed by atoms with van der Waals surface area (Å²) in [5.41, 5.74) is 9.26. The minimum atomic E-state index is 0.753. The predicted octanol–water partition coefficient (Wildman–Crippen LogP) is 5.70. The van der Waals surface area contributed by atoms with Gasteiger partial charge < -0.3 is 0 Å². The highest BCUT2D eigenvalue weighted by molar-refractivity contribution is 5.46. The third-order valence-corrected chi connectivity index (χ3v) is 4.98. The molecule has 0 radical (unpaired) electrons. The van der Waals surface area contributed by atoms with Crippen LogP contribution in [0.4, 0.5) is 0 Å². The van der Waals surface area contributed by atoms with Crippen molar-refractivity contribution in [3.05, 3.63) is 69.8 Å². The van der Waals surface area contributed by atoms with Crippen molar-refractivity contribution in [2.24, 2.45) is 0 Å². The van der Waals surface area contributed by atoms with Crippen molar-refractivity contribution in [1.29, 1.82) is 0 Å². The number of aryl methyl sites for hydroxylation is 2. The van der Waals surface area contributed by atoms with E-state index < -0.39 is 0 Å². The summed E-state index contributed by atoms with van der Waals surface area (Å²) in [6.45, 7) is 8.42. The first-order valence-electron chi connectivity index (χ1n) is 8.39. The molecule has 0 aromatic heterocycles. The Kier molecular flexibility index (Phi) is 3.89. The molecule has 0 nitrogen and oxygen atoms in total. The third-order valence-electron chi connectivity index (χ3n) is 4.98. The van der Waals surface area contributed by atoms with Gasteiger partial charge >= 0.3 is 0 Å². The average molecular weight is 278 g/mol. The SMILES string of the molecule is CC.Cc1ccc2c(c1)CC1CC2Cc2cc(C)ccc21. The Morgan fingerprint density at radius 1 is 0.714 bits per heavy atom. The van der Waals surface area contributed by atoms with Crippen LogP contribution in [0.1, 0.15) is 65.5 Å². The molecule has 0 heterocycles. The molecule has 2 atom stereocenters. The summed E-state index contributed by atoms with van der Waals surface area (Å²) >= 11 is 0. The van der Waals surface area contributed by atoms with Crippen LogP contribution in [0.3, 0.4) is 0 Å². The topological polar surface area (TPSA) is 0 Å². The maximum Gasteiger partial charge on any atom is -0.0113 e. The van der Waals surface area contributed by atoms with E-state index in [0.717, 1.165) is 11.8 Å². The quantitative estimate of drug-likeness (QED) is 0.580. The Labute approximate surface area is 129 Å². The van der Waals surface area contributed by atoms with Crippen LogP contribution >= 0.6 is 0 Å². The number of fused-ring (bicyclic) bond motifs is 6. The van der Waals surface area contributed by atoms with Crippen LogP contribution in [-0.4, -0.2) is 0 Å². The second kappa shape index (κ2) is 5.67. The van der Waals surface area contributed by atoms with Gasteiger partial charge in [0.15, 0.2) is 0 Å². The molecule has 2 bridgehead atoms. The lowest BCUT2D eigenvalue weighted by molar-refractivity contribution is 0.457. The lowest BCUT2D eigenvalue weighted by Crippen LogP contribution is -2.25. The fourth-order valence-electron chi connectivity index (χ4n) is 4.13. The molecule has 0 fully saturated rings. The van der Waals surface area contributed by atoms with Crippen LogP contribution in [0.25, 0.3) is 0 Å². The fourth-order valence-corrected chi connectivity index (χ4v) is 4.13. The molecule has 2 aliphatic carbocycles. The summed E-state index contributed by atoms with van der Waals surface area (Å²) in [5.74, 6) is 1.51. The molecule has 0 heteroatoms. The first-order chi connectivity index (χ1) is 10.2. The minimum absolute atomic E-state index is 0.753. The van der Waals surface area contributed by atoms with Crippen LogP contribution in [0.5, 0.6) is 0 Å². The second-order valence-electron chi connectivity index (χ2n) is 6.44. The van der Waals surface area contributed by atoms with Gasteiger partial charge in [-0.3, -0.25) is 0 Å². The molecule has 0 N–H and O–H groups in total. The van der Waals surface area contributed by atoms with Crippen molar-refractivity contribution in [3.63, 3.8) is 0 Å². The van der Waals surface area contributed by atoms with E-state index in [1.807, 2.05) is 13.8 Å². The molecule has 110 valence electrons. The number of benzene rings is 2. The van der Waals surface area contributed by atoms with E-state index in [1.165, 1.54) is 30.4 Å². The van der Waals surface area contributed by atoms with Gasteiger partial charge in [-0.05, 0) is 67.2 Å². The van der Waals surface area contributed by atoms with Gasteiger partial charge in [-0.1, -0.05) is 61.4 Å². The van der Waals surface area contributed by atoms with E-state index in [4.69, 9.17) is 0 Å². The molecule has 4 rings (SSSR count). The fraction of sp³-hybridized carbons (Fsp3) is 0.429. The van der Waals surface area contributed by atoms with Crippen LogP contribution in [0, 0.1) is 13.8 Å². The van der Waals surface area contributed by atoms with Gasteiger partial charge in [-0.2, -0.15) is 0 Å². The van der Waals surface area contributed by atoms with E-state index in [0.29, 0.717) is 0 Å². The first-order valence-corrected chi connectivity index (χ1v) is 8.39. The number of hydrogen-bond acceptors (Lipinski definition) is 0. The Morgan fingerprint density at radius 3 is 1.57 bits per heavy atom. The van der Waals surface area contributed by atoms with E-state index in [2.05, 4.69) is 50.2 Å². The molecule has 2 aromatic rings. The van der Waals surface area contributed by atoms with Crippen LogP contribution < -0.4 is 0 Å². The van der Waals surface area contributed by atoms with E-state index in [9.17, 15) is 0 Å². The minimum Gasteiger partial charge on any atom is -0.0683 e. The zero-order valence-electron chi connectivity index (χ0n) is 13.7. The molecular formula is C21H26. The highest BCUT2D eigenvalue weighted by atomic mass is 14.4. The van der Waals surface area contributed by atoms with Gasteiger partial charge in [0.2, 0.25) is 0 Å². The normalized spacial score (nSPS) is 21.7. The molecule has 0 saturated heterocycles. The molecule has 0 spiro atoms. The summed E-state index contributed by atoms with van der Waals surface area (Å²) in [6, 6.07) is 14.1. The number of rotatable bonds is 0. The molecule has 2 aliphatic rings. The Bertz CT molecular complexity index is 594. The molecule has 2 unspecified atom stereocenters.